The summed E-state index contributed by atoms with van der Waals surface area (Å²) in [6.07, 6.45) is 4.85. The van der Waals surface area contributed by atoms with Crippen molar-refractivity contribution in [1.82, 2.24) is 5.32 Å². The molecule has 0 amide bonds. The van der Waals surface area contributed by atoms with Gasteiger partial charge in [-0.2, -0.15) is 0 Å². The van der Waals surface area contributed by atoms with Crippen LogP contribution in [0.15, 0.2) is 12.1 Å². The van der Waals surface area contributed by atoms with E-state index < -0.39 is 0 Å². The zero-order chi connectivity index (χ0) is 15.2. The second kappa shape index (κ2) is 7.52. The molecule has 0 saturated heterocycles. The molecule has 2 N–H and O–H groups in total. The molecule has 1 atom stereocenters. The van der Waals surface area contributed by atoms with Gasteiger partial charge in [0.1, 0.15) is 0 Å². The van der Waals surface area contributed by atoms with Gasteiger partial charge in [-0.25, -0.2) is 0 Å². The van der Waals surface area contributed by atoms with Crippen LogP contribution in [0.25, 0.3) is 0 Å². The summed E-state index contributed by atoms with van der Waals surface area (Å²) in [4.78, 5) is 0. The van der Waals surface area contributed by atoms with E-state index in [0.29, 0.717) is 23.3 Å². The molecule has 0 aliphatic heterocycles. The predicted octanol–water partition coefficient (Wildman–Crippen LogP) is 2.28. The van der Waals surface area contributed by atoms with Crippen LogP contribution >= 0.6 is 0 Å². The number of aliphatic hydroxyl groups is 1. The Morgan fingerprint density at radius 2 is 1.67 bits per heavy atom. The molecular weight excluding hydrogens is 270 g/mol. The normalized spacial score (nSPS) is 16.8. The summed E-state index contributed by atoms with van der Waals surface area (Å²) in [5, 5.41) is 13.2. The van der Waals surface area contributed by atoms with Gasteiger partial charge >= 0.3 is 0 Å². The van der Waals surface area contributed by atoms with Crippen LogP contribution < -0.4 is 19.5 Å². The number of aliphatic hydroxyl groups excluding tert-OH is 1. The lowest BCUT2D eigenvalue weighted by Crippen LogP contribution is -2.32. The van der Waals surface area contributed by atoms with Crippen LogP contribution in [0.3, 0.4) is 0 Å². The minimum absolute atomic E-state index is 0.0368. The molecule has 1 aliphatic carbocycles. The van der Waals surface area contributed by atoms with E-state index >= 15 is 0 Å². The minimum Gasteiger partial charge on any atom is -0.493 e. The fraction of sp³-hybridized carbons (Fsp3) is 0.625. The van der Waals surface area contributed by atoms with Gasteiger partial charge in [-0.1, -0.05) is 12.8 Å². The first-order chi connectivity index (χ1) is 10.2. The Labute approximate surface area is 126 Å². The summed E-state index contributed by atoms with van der Waals surface area (Å²) >= 11 is 0. The first-order valence-electron chi connectivity index (χ1n) is 7.40. The summed E-state index contributed by atoms with van der Waals surface area (Å²) in [5.74, 6) is 1.79. The molecule has 5 nitrogen and oxygen atoms in total. The highest BCUT2D eigenvalue weighted by Gasteiger charge is 2.22. The molecule has 118 valence electrons. The van der Waals surface area contributed by atoms with E-state index in [1.54, 1.807) is 21.3 Å². The molecule has 1 fully saturated rings. The first-order valence-corrected chi connectivity index (χ1v) is 7.40. The van der Waals surface area contributed by atoms with Crippen molar-refractivity contribution in [3.63, 3.8) is 0 Å². The fourth-order valence-electron chi connectivity index (χ4n) is 2.93. The van der Waals surface area contributed by atoms with E-state index in [1.165, 1.54) is 25.7 Å². The Morgan fingerprint density at radius 3 is 2.10 bits per heavy atom. The van der Waals surface area contributed by atoms with E-state index in [-0.39, 0.29) is 12.6 Å². The van der Waals surface area contributed by atoms with E-state index in [0.717, 1.165) is 5.56 Å². The van der Waals surface area contributed by atoms with Crippen molar-refractivity contribution in [2.75, 3.05) is 27.9 Å². The molecule has 1 aromatic rings. The maximum absolute atomic E-state index is 9.72. The quantitative estimate of drug-likeness (QED) is 0.808. The third kappa shape index (κ3) is 3.60. The van der Waals surface area contributed by atoms with Gasteiger partial charge < -0.3 is 24.6 Å². The second-order valence-corrected chi connectivity index (χ2v) is 5.34. The lowest BCUT2D eigenvalue weighted by molar-refractivity contribution is 0.232. The van der Waals surface area contributed by atoms with E-state index in [4.69, 9.17) is 14.2 Å². The van der Waals surface area contributed by atoms with Crippen molar-refractivity contribution in [2.24, 2.45) is 0 Å². The second-order valence-electron chi connectivity index (χ2n) is 5.34. The Kier molecular flexibility index (Phi) is 5.70. The molecule has 1 saturated carbocycles. The van der Waals surface area contributed by atoms with Crippen LogP contribution in [0.2, 0.25) is 0 Å². The lowest BCUT2D eigenvalue weighted by Gasteiger charge is -2.23. The molecule has 1 unspecified atom stereocenters. The predicted molar refractivity (Wildman–Crippen MR) is 81.3 cm³/mol. The van der Waals surface area contributed by atoms with E-state index in [9.17, 15) is 5.11 Å². The number of hydrogen-bond acceptors (Lipinski definition) is 5. The Bertz CT molecular complexity index is 433. The van der Waals surface area contributed by atoms with Gasteiger partial charge in [-0.15, -0.1) is 0 Å². The minimum atomic E-state index is -0.123. The van der Waals surface area contributed by atoms with Crippen LogP contribution in [0.4, 0.5) is 0 Å². The number of rotatable bonds is 7. The third-order valence-electron chi connectivity index (χ3n) is 4.06. The van der Waals surface area contributed by atoms with Crippen molar-refractivity contribution in [2.45, 2.75) is 37.8 Å². The topological polar surface area (TPSA) is 60.0 Å². The van der Waals surface area contributed by atoms with Crippen LogP contribution in [-0.4, -0.2) is 39.1 Å². The van der Waals surface area contributed by atoms with Crippen LogP contribution in [-0.2, 0) is 0 Å². The van der Waals surface area contributed by atoms with Crippen molar-refractivity contribution in [1.29, 1.82) is 0 Å². The highest BCUT2D eigenvalue weighted by atomic mass is 16.5. The first kappa shape index (κ1) is 15.9. The SMILES string of the molecule is COc1cc(C(CO)NC2CCCC2)cc(OC)c1OC. The van der Waals surface area contributed by atoms with E-state index in [1.807, 2.05) is 12.1 Å². The summed E-state index contributed by atoms with van der Waals surface area (Å²) in [5.41, 5.74) is 0.943. The van der Waals surface area contributed by atoms with Gasteiger partial charge in [0, 0.05) is 6.04 Å². The van der Waals surface area contributed by atoms with Crippen molar-refractivity contribution < 1.29 is 19.3 Å². The van der Waals surface area contributed by atoms with Crippen LogP contribution in [0.1, 0.15) is 37.3 Å². The Balaban J connectivity index is 2.27. The highest BCUT2D eigenvalue weighted by molar-refractivity contribution is 5.54. The maximum Gasteiger partial charge on any atom is 0.203 e. The molecule has 21 heavy (non-hydrogen) atoms. The largest absolute Gasteiger partial charge is 0.493 e. The molecule has 0 heterocycles. The molecule has 2 rings (SSSR count). The zero-order valence-corrected chi connectivity index (χ0v) is 13.0. The fourth-order valence-corrected chi connectivity index (χ4v) is 2.93. The molecule has 1 aromatic carbocycles. The molecule has 0 spiro atoms. The number of hydrogen-bond donors (Lipinski definition) is 2. The van der Waals surface area contributed by atoms with E-state index in [2.05, 4.69) is 5.32 Å². The lowest BCUT2D eigenvalue weighted by atomic mass is 10.0. The van der Waals surface area contributed by atoms with Crippen molar-refractivity contribution in [3.05, 3.63) is 17.7 Å². The molecule has 0 radical (unpaired) electrons. The Morgan fingerprint density at radius 1 is 1.10 bits per heavy atom. The summed E-state index contributed by atoms with van der Waals surface area (Å²) in [6, 6.07) is 4.14. The average Bonchev–Trinajstić information content (AvgIpc) is 3.04. The molecular formula is C16H25NO4. The standard InChI is InChI=1S/C16H25NO4/c1-19-14-8-11(9-15(20-2)16(14)21-3)13(10-18)17-12-6-4-5-7-12/h8-9,12-13,17-18H,4-7,10H2,1-3H3. The Hall–Kier alpha value is -1.46. The number of ether oxygens (including phenoxy) is 3. The van der Waals surface area contributed by atoms with Gasteiger partial charge in [-0.3, -0.25) is 0 Å². The smallest absolute Gasteiger partial charge is 0.203 e. The molecule has 1 aliphatic rings. The molecule has 5 heteroatoms. The van der Waals surface area contributed by atoms with Crippen LogP contribution in [0, 0.1) is 0 Å². The van der Waals surface area contributed by atoms with Crippen molar-refractivity contribution >= 4 is 0 Å². The van der Waals surface area contributed by atoms with Crippen LogP contribution in [0.5, 0.6) is 17.2 Å². The van der Waals surface area contributed by atoms with Gasteiger partial charge in [0.05, 0.1) is 34.0 Å². The monoisotopic (exact) mass is 295 g/mol. The number of nitrogens with one attached hydrogen (secondary N) is 1. The molecule has 0 aromatic heterocycles. The number of methoxy groups -OCH3 is 3. The van der Waals surface area contributed by atoms with Gasteiger partial charge in [0.2, 0.25) is 5.75 Å². The van der Waals surface area contributed by atoms with Crippen molar-refractivity contribution in [3.8, 4) is 17.2 Å². The van der Waals surface area contributed by atoms with Gasteiger partial charge in [0.15, 0.2) is 11.5 Å². The summed E-state index contributed by atoms with van der Waals surface area (Å²) in [6.45, 7) is 0.0368. The average molecular weight is 295 g/mol. The van der Waals surface area contributed by atoms with Gasteiger partial charge in [0.25, 0.3) is 0 Å². The maximum atomic E-state index is 9.72. The number of benzene rings is 1. The highest BCUT2D eigenvalue weighted by Crippen LogP contribution is 2.39. The molecule has 0 bridgehead atoms. The third-order valence-corrected chi connectivity index (χ3v) is 4.06. The summed E-state index contributed by atoms with van der Waals surface area (Å²) < 4.78 is 16.1. The summed E-state index contributed by atoms with van der Waals surface area (Å²) in [7, 11) is 4.78. The zero-order valence-electron chi connectivity index (χ0n) is 13.0. The van der Waals surface area contributed by atoms with Gasteiger partial charge in [-0.05, 0) is 30.5 Å².